The topological polar surface area (TPSA) is 64.9 Å². The van der Waals surface area contributed by atoms with Crippen LogP contribution in [0.15, 0.2) is 84.1 Å². The molecule has 220 valence electrons. The highest BCUT2D eigenvalue weighted by Crippen LogP contribution is 2.50. The van der Waals surface area contributed by atoms with Crippen molar-refractivity contribution in [3.05, 3.63) is 90.3 Å². The van der Waals surface area contributed by atoms with Crippen LogP contribution in [0.2, 0.25) is 0 Å². The molecule has 0 spiro atoms. The second-order valence-corrected chi connectivity index (χ2v) is 12.3. The number of benzene rings is 3. The number of fused-ring (bicyclic) bond motifs is 1. The molecule has 3 heterocycles. The van der Waals surface area contributed by atoms with Gasteiger partial charge in [0.05, 0.1) is 10.9 Å². The normalized spacial score (nSPS) is 21.2. The Morgan fingerprint density at radius 3 is 2.42 bits per heavy atom. The smallest absolute Gasteiger partial charge is 0.237 e. The van der Waals surface area contributed by atoms with E-state index in [1.165, 1.54) is 5.56 Å². The molecule has 4 aromatic rings. The average Bonchev–Trinajstić information content (AvgIpc) is 3.90. The number of carbonyl (C=O) groups excluding carboxylic acids is 1. The van der Waals surface area contributed by atoms with Crippen LogP contribution in [-0.4, -0.2) is 61.4 Å². The van der Waals surface area contributed by atoms with Gasteiger partial charge in [0.15, 0.2) is 0 Å². The first-order chi connectivity index (χ1) is 21.1. The molecule has 7 heteroatoms. The quantitative estimate of drug-likeness (QED) is 0.257. The number of hydrogen-bond donors (Lipinski definition) is 0. The van der Waals surface area contributed by atoms with Crippen LogP contribution in [0.1, 0.15) is 56.1 Å². The fourth-order valence-corrected chi connectivity index (χ4v) is 6.87. The zero-order valence-electron chi connectivity index (χ0n) is 25.2. The third-order valence-electron chi connectivity index (χ3n) is 9.78. The maximum Gasteiger partial charge on any atom is 0.237 e. The molecule has 0 N–H and O–H groups in total. The molecule has 1 amide bonds. The molecule has 0 radical (unpaired) electrons. The minimum Gasteiger partial charge on any atom is -0.368 e. The highest BCUT2D eigenvalue weighted by Gasteiger charge is 2.52. The van der Waals surface area contributed by atoms with Crippen molar-refractivity contribution in [3.8, 4) is 0 Å². The Morgan fingerprint density at radius 1 is 0.907 bits per heavy atom. The molecular formula is C36H40N6O. The van der Waals surface area contributed by atoms with E-state index in [9.17, 15) is 4.79 Å². The number of nitrogens with zero attached hydrogens (tertiary/aromatic N) is 6. The van der Waals surface area contributed by atoms with E-state index in [4.69, 9.17) is 9.98 Å². The van der Waals surface area contributed by atoms with Crippen LogP contribution in [0.5, 0.6) is 0 Å². The molecule has 1 aromatic heterocycles. The van der Waals surface area contributed by atoms with Crippen molar-refractivity contribution < 1.29 is 4.79 Å². The number of hydrogen-bond acceptors (Lipinski definition) is 6. The lowest BCUT2D eigenvalue weighted by molar-refractivity contribution is -0.120. The van der Waals surface area contributed by atoms with E-state index in [0.717, 1.165) is 91.9 Å². The molecule has 3 aliphatic rings. The Hall–Kier alpha value is -4.26. The maximum atomic E-state index is 13.7. The van der Waals surface area contributed by atoms with Gasteiger partial charge in [-0.05, 0) is 73.6 Å². The summed E-state index contributed by atoms with van der Waals surface area (Å²) in [4.78, 5) is 34.5. The van der Waals surface area contributed by atoms with Crippen molar-refractivity contribution in [3.63, 3.8) is 0 Å². The second-order valence-electron chi connectivity index (χ2n) is 12.3. The number of piperazine rings is 1. The van der Waals surface area contributed by atoms with Gasteiger partial charge in [-0.1, -0.05) is 49.4 Å². The first kappa shape index (κ1) is 27.6. The molecule has 1 saturated heterocycles. The number of aliphatic imine (C=N–C) groups is 1. The summed E-state index contributed by atoms with van der Waals surface area (Å²) in [6.45, 7) is 5.72. The standard InChI is InChI=1S/C36H40N6O/c1-3-29-14-12-27(24-37-29)26-13-15-33-32(22-26)34(39-25-38-33)42-20-18-41(19-21-42)31-11-7-10-30(23-31)40(2)35(43)36(16-17-36)28-8-5-4-6-9-28/h4-11,13,15,22-25,27,29H,3,12,14,16-21H2,1-2H3. The number of aromatic nitrogens is 2. The summed E-state index contributed by atoms with van der Waals surface area (Å²) in [7, 11) is 1.91. The van der Waals surface area contributed by atoms with Gasteiger partial charge in [-0.25, -0.2) is 9.97 Å². The van der Waals surface area contributed by atoms with E-state index < -0.39 is 0 Å². The fourth-order valence-electron chi connectivity index (χ4n) is 6.87. The number of anilines is 3. The van der Waals surface area contributed by atoms with E-state index >= 15 is 0 Å². The lowest BCUT2D eigenvalue weighted by Crippen LogP contribution is -2.47. The summed E-state index contributed by atoms with van der Waals surface area (Å²) < 4.78 is 0. The summed E-state index contributed by atoms with van der Waals surface area (Å²) in [5.74, 6) is 1.55. The monoisotopic (exact) mass is 572 g/mol. The molecule has 43 heavy (non-hydrogen) atoms. The molecule has 1 saturated carbocycles. The van der Waals surface area contributed by atoms with Crippen LogP contribution in [0.3, 0.4) is 0 Å². The summed E-state index contributed by atoms with van der Waals surface area (Å²) in [6, 6.07) is 25.8. The van der Waals surface area contributed by atoms with E-state index in [1.807, 2.05) is 36.2 Å². The highest BCUT2D eigenvalue weighted by molar-refractivity contribution is 6.03. The molecule has 7 nitrogen and oxygen atoms in total. The Morgan fingerprint density at radius 2 is 1.70 bits per heavy atom. The lowest BCUT2D eigenvalue weighted by Gasteiger charge is -2.37. The van der Waals surface area contributed by atoms with Crippen LogP contribution >= 0.6 is 0 Å². The van der Waals surface area contributed by atoms with Gasteiger partial charge in [-0.2, -0.15) is 0 Å². The van der Waals surface area contributed by atoms with Crippen molar-refractivity contribution in [2.45, 2.75) is 56.4 Å². The second kappa shape index (κ2) is 11.4. The summed E-state index contributed by atoms with van der Waals surface area (Å²) in [6.07, 6.45) is 9.07. The Balaban J connectivity index is 1.05. The van der Waals surface area contributed by atoms with Crippen LogP contribution in [0.25, 0.3) is 10.9 Å². The van der Waals surface area contributed by atoms with E-state index in [0.29, 0.717) is 12.0 Å². The zero-order valence-corrected chi connectivity index (χ0v) is 25.2. The maximum absolute atomic E-state index is 13.7. The third-order valence-corrected chi connectivity index (χ3v) is 9.78. The van der Waals surface area contributed by atoms with Crippen LogP contribution in [0.4, 0.5) is 17.2 Å². The number of carbonyl (C=O) groups is 1. The molecule has 3 aromatic carbocycles. The largest absolute Gasteiger partial charge is 0.368 e. The first-order valence-electron chi connectivity index (χ1n) is 15.8. The number of amides is 1. The molecule has 7 rings (SSSR count). The molecular weight excluding hydrogens is 532 g/mol. The van der Waals surface area contributed by atoms with Gasteiger partial charge in [-0.3, -0.25) is 9.79 Å². The zero-order chi connectivity index (χ0) is 29.4. The van der Waals surface area contributed by atoms with Crippen LogP contribution < -0.4 is 14.7 Å². The highest BCUT2D eigenvalue weighted by atomic mass is 16.2. The van der Waals surface area contributed by atoms with Gasteiger partial charge in [0, 0.05) is 68.2 Å². The molecule has 2 atom stereocenters. The van der Waals surface area contributed by atoms with E-state index in [-0.39, 0.29) is 11.3 Å². The van der Waals surface area contributed by atoms with Crippen molar-refractivity contribution >= 4 is 40.2 Å². The minimum atomic E-state index is -0.375. The van der Waals surface area contributed by atoms with Gasteiger partial charge >= 0.3 is 0 Å². The Labute approximate surface area is 254 Å². The molecule has 2 aliphatic heterocycles. The predicted molar refractivity (Wildman–Crippen MR) is 176 cm³/mol. The van der Waals surface area contributed by atoms with Crippen molar-refractivity contribution in [2.75, 3.05) is 47.9 Å². The van der Waals surface area contributed by atoms with Crippen LogP contribution in [0, 0.1) is 0 Å². The fraction of sp³-hybridized carbons (Fsp3) is 0.389. The average molecular weight is 573 g/mol. The molecule has 1 aliphatic carbocycles. The summed E-state index contributed by atoms with van der Waals surface area (Å²) in [5.41, 5.74) is 5.13. The Kier molecular flexibility index (Phi) is 7.33. The molecule has 2 fully saturated rings. The third kappa shape index (κ3) is 5.26. The van der Waals surface area contributed by atoms with Crippen molar-refractivity contribution in [1.82, 2.24) is 9.97 Å². The molecule has 2 unspecified atom stereocenters. The first-order valence-corrected chi connectivity index (χ1v) is 15.8. The van der Waals surface area contributed by atoms with Gasteiger partial charge in [-0.15, -0.1) is 0 Å². The SMILES string of the molecule is CCC1CCC(c2ccc3ncnc(N4CCN(c5cccc(N(C)C(=O)C6(c7ccccc7)CC6)c5)CC4)c3c2)C=N1. The van der Waals surface area contributed by atoms with Crippen molar-refractivity contribution in [2.24, 2.45) is 4.99 Å². The van der Waals surface area contributed by atoms with Crippen LogP contribution in [-0.2, 0) is 10.2 Å². The lowest BCUT2D eigenvalue weighted by atomic mass is 9.89. The Bertz CT molecular complexity index is 1640. The van der Waals surface area contributed by atoms with Gasteiger partial charge < -0.3 is 14.7 Å². The van der Waals surface area contributed by atoms with E-state index in [1.54, 1.807) is 6.33 Å². The number of rotatable bonds is 7. The summed E-state index contributed by atoms with van der Waals surface area (Å²) in [5, 5.41) is 1.12. The van der Waals surface area contributed by atoms with Gasteiger partial charge in [0.1, 0.15) is 12.1 Å². The van der Waals surface area contributed by atoms with E-state index in [2.05, 4.69) is 76.5 Å². The van der Waals surface area contributed by atoms with Gasteiger partial charge in [0.2, 0.25) is 5.91 Å². The predicted octanol–water partition coefficient (Wildman–Crippen LogP) is 6.38. The minimum absolute atomic E-state index is 0.181. The molecule has 0 bridgehead atoms. The van der Waals surface area contributed by atoms with Crippen molar-refractivity contribution in [1.29, 1.82) is 0 Å². The van der Waals surface area contributed by atoms with Gasteiger partial charge in [0.25, 0.3) is 0 Å². The number of likely N-dealkylation sites (N-methyl/N-ethyl adjacent to an activating group) is 1. The summed E-state index contributed by atoms with van der Waals surface area (Å²) >= 11 is 0.